The van der Waals surface area contributed by atoms with Gasteiger partial charge in [0, 0.05) is 18.1 Å². The van der Waals surface area contributed by atoms with E-state index in [1.807, 2.05) is 51.1 Å². The van der Waals surface area contributed by atoms with Gasteiger partial charge in [-0.15, -0.1) is 0 Å². The topological polar surface area (TPSA) is 150 Å². The molecule has 246 valence electrons. The van der Waals surface area contributed by atoms with Gasteiger partial charge >= 0.3 is 0 Å². The van der Waals surface area contributed by atoms with Gasteiger partial charge in [-0.3, -0.25) is 19.7 Å². The van der Waals surface area contributed by atoms with Crippen LogP contribution in [0.2, 0.25) is 0 Å². The molecule has 0 radical (unpaired) electrons. The van der Waals surface area contributed by atoms with Gasteiger partial charge in [0.1, 0.15) is 18.1 Å². The Labute approximate surface area is 273 Å². The molecule has 1 heterocycles. The van der Waals surface area contributed by atoms with Crippen molar-refractivity contribution in [1.29, 1.82) is 0 Å². The Kier molecular flexibility index (Phi) is 10.2. The zero-order chi connectivity index (χ0) is 33.8. The van der Waals surface area contributed by atoms with Crippen LogP contribution in [-0.4, -0.2) is 51.4 Å². The lowest BCUT2D eigenvalue weighted by atomic mass is 9.68. The Bertz CT molecular complexity index is 1710. The third kappa shape index (κ3) is 6.99. The second kappa shape index (κ2) is 14.3. The molecule has 10 nitrogen and oxygen atoms in total. The van der Waals surface area contributed by atoms with Crippen molar-refractivity contribution in [2.24, 2.45) is 17.8 Å². The number of aliphatic hydroxyl groups excluding tert-OH is 2. The minimum absolute atomic E-state index is 0.0525. The molecule has 5 rings (SSSR count). The van der Waals surface area contributed by atoms with Crippen LogP contribution in [-0.2, 0) is 9.59 Å². The summed E-state index contributed by atoms with van der Waals surface area (Å²) < 4.78 is 6.07. The van der Waals surface area contributed by atoms with Gasteiger partial charge in [-0.25, -0.2) is 4.90 Å². The molecule has 47 heavy (non-hydrogen) atoms. The summed E-state index contributed by atoms with van der Waals surface area (Å²) in [5.74, 6) is -2.81. The number of aromatic hydroxyl groups is 1. The number of hydrogen-bond acceptors (Lipinski definition) is 8. The number of allylic oxidation sites excluding steroid dienone is 1. The number of carbonyl (C=O) groups is 2. The molecule has 3 N–H and O–H groups in total. The van der Waals surface area contributed by atoms with Crippen molar-refractivity contribution in [3.63, 3.8) is 0 Å². The highest BCUT2D eigenvalue weighted by molar-refractivity contribution is 6.22. The normalized spacial score (nSPS) is 20.4. The van der Waals surface area contributed by atoms with Gasteiger partial charge in [0.15, 0.2) is 0 Å². The van der Waals surface area contributed by atoms with Crippen LogP contribution < -0.4 is 9.64 Å². The average molecular weight is 641 g/mol. The number of nitro benzene ring substituents is 1. The van der Waals surface area contributed by atoms with Crippen molar-refractivity contribution in [3.05, 3.63) is 110 Å². The van der Waals surface area contributed by atoms with E-state index in [2.05, 4.69) is 6.08 Å². The molecular weight excluding hydrogens is 600 g/mol. The van der Waals surface area contributed by atoms with Gasteiger partial charge in [-0.05, 0) is 97.7 Å². The number of para-hydroxylation sites is 1. The summed E-state index contributed by atoms with van der Waals surface area (Å²) in [5.41, 5.74) is 4.57. The second-order valence-corrected chi connectivity index (χ2v) is 12.3. The van der Waals surface area contributed by atoms with Gasteiger partial charge in [0.25, 0.3) is 5.69 Å². The van der Waals surface area contributed by atoms with E-state index in [9.17, 15) is 35.0 Å². The molecule has 1 aliphatic heterocycles. The number of imide groups is 1. The lowest BCUT2D eigenvalue weighted by Crippen LogP contribution is -2.40. The Morgan fingerprint density at radius 2 is 1.77 bits per heavy atom. The summed E-state index contributed by atoms with van der Waals surface area (Å²) in [6.07, 6.45) is 2.73. The van der Waals surface area contributed by atoms with Gasteiger partial charge < -0.3 is 20.1 Å². The van der Waals surface area contributed by atoms with Crippen LogP contribution >= 0.6 is 0 Å². The van der Waals surface area contributed by atoms with E-state index in [0.717, 1.165) is 33.6 Å². The largest absolute Gasteiger partial charge is 0.507 e. The van der Waals surface area contributed by atoms with Crippen LogP contribution in [0.25, 0.3) is 6.08 Å². The number of anilines is 1. The number of rotatable bonds is 12. The van der Waals surface area contributed by atoms with E-state index >= 15 is 0 Å². The third-order valence-electron chi connectivity index (χ3n) is 9.27. The van der Waals surface area contributed by atoms with E-state index in [-0.39, 0.29) is 30.2 Å². The number of fused-ring (bicyclic) bond motifs is 1. The molecule has 1 fully saturated rings. The van der Waals surface area contributed by atoms with Gasteiger partial charge in [-0.1, -0.05) is 42.8 Å². The van der Waals surface area contributed by atoms with Crippen molar-refractivity contribution >= 4 is 29.3 Å². The first-order valence-corrected chi connectivity index (χ1v) is 15.8. The number of nitro groups is 1. The lowest BCUT2D eigenvalue weighted by molar-refractivity contribution is -0.384. The van der Waals surface area contributed by atoms with Crippen molar-refractivity contribution in [1.82, 2.24) is 0 Å². The predicted molar refractivity (Wildman–Crippen MR) is 178 cm³/mol. The molecule has 1 saturated heterocycles. The predicted octanol–water partition coefficient (Wildman–Crippen LogP) is 6.05. The molecule has 0 saturated carbocycles. The number of amides is 2. The van der Waals surface area contributed by atoms with Crippen LogP contribution in [0.1, 0.15) is 49.3 Å². The summed E-state index contributed by atoms with van der Waals surface area (Å²) in [6, 6.07) is 18.3. The first-order chi connectivity index (χ1) is 22.5. The summed E-state index contributed by atoms with van der Waals surface area (Å²) >= 11 is 0. The molecule has 2 aliphatic rings. The minimum Gasteiger partial charge on any atom is -0.507 e. The van der Waals surface area contributed by atoms with E-state index < -0.39 is 47.2 Å². The molecule has 1 aliphatic carbocycles. The fraction of sp³-hybridized carbons (Fsp3) is 0.351. The second-order valence-electron chi connectivity index (χ2n) is 12.3. The number of aliphatic hydroxyl groups is 2. The molecule has 0 spiro atoms. The zero-order valence-electron chi connectivity index (χ0n) is 26.8. The van der Waals surface area contributed by atoms with Gasteiger partial charge in [0.2, 0.25) is 11.8 Å². The summed E-state index contributed by atoms with van der Waals surface area (Å²) in [5, 5.41) is 44.1. The molecule has 0 unspecified atom stereocenters. The van der Waals surface area contributed by atoms with Gasteiger partial charge in [0.05, 0.1) is 35.2 Å². The number of benzene rings is 3. The van der Waals surface area contributed by atoms with E-state index in [4.69, 9.17) is 4.74 Å². The van der Waals surface area contributed by atoms with Gasteiger partial charge in [-0.2, -0.15) is 0 Å². The Hall–Kier alpha value is -4.80. The smallest absolute Gasteiger partial charge is 0.271 e. The number of phenols is 1. The first-order valence-electron chi connectivity index (χ1n) is 15.8. The summed E-state index contributed by atoms with van der Waals surface area (Å²) in [7, 11) is 0. The Morgan fingerprint density at radius 1 is 1.06 bits per heavy atom. The van der Waals surface area contributed by atoms with E-state index in [1.54, 1.807) is 12.1 Å². The van der Waals surface area contributed by atoms with Crippen molar-refractivity contribution in [3.8, 4) is 11.5 Å². The number of nitrogens with zero attached hydrogens (tertiary/aromatic N) is 2. The van der Waals surface area contributed by atoms with Crippen LogP contribution in [0, 0.1) is 41.7 Å². The highest BCUT2D eigenvalue weighted by Gasteiger charge is 2.55. The summed E-state index contributed by atoms with van der Waals surface area (Å²) in [4.78, 5) is 39.5. The van der Waals surface area contributed by atoms with Crippen molar-refractivity contribution in [2.75, 3.05) is 18.1 Å². The highest BCUT2D eigenvalue weighted by atomic mass is 16.6. The molecule has 3 aromatic rings. The quantitative estimate of drug-likeness (QED) is 0.0938. The molecule has 4 atom stereocenters. The lowest BCUT2D eigenvalue weighted by Gasteiger charge is -2.36. The average Bonchev–Trinajstić information content (AvgIpc) is 3.32. The Balaban J connectivity index is 1.46. The SMILES string of the molecule is CC/C(=C\c1cc(C)c(O)c(C)c1)CC[C@@H](O)C1=C(COc2ccccc2)C[C@H]2C(=O)N(c3cccc([N+](=O)[O-])c3)C(=O)[C@H]2[C@H]1CO. The molecular formula is C37H40N2O8. The third-order valence-corrected chi connectivity index (χ3v) is 9.27. The van der Waals surface area contributed by atoms with Crippen LogP contribution in [0.15, 0.2) is 83.4 Å². The first kappa shape index (κ1) is 33.6. The Morgan fingerprint density at radius 3 is 2.40 bits per heavy atom. The maximum atomic E-state index is 13.9. The van der Waals surface area contributed by atoms with E-state index in [0.29, 0.717) is 29.7 Å². The highest BCUT2D eigenvalue weighted by Crippen LogP contribution is 2.47. The minimum atomic E-state index is -1.03. The fourth-order valence-corrected chi connectivity index (χ4v) is 6.92. The maximum Gasteiger partial charge on any atom is 0.271 e. The standard InChI is InChI=1S/C37H40N2O8/c1-4-24(17-25-15-22(2)35(42)23(3)16-25)13-14-32(41)33-26(21-47-29-11-6-5-7-12-29)18-30-34(31(33)20-40)37(44)38(36(30)43)27-9-8-10-28(19-27)39(45)46/h5-12,15-17,19,30-32,34,40-42H,4,13-14,18,20-21H2,1-3H3/b24-17+/t30-,31+,32-,34-/m1/s1. The van der Waals surface area contributed by atoms with Crippen LogP contribution in [0.3, 0.4) is 0 Å². The number of aryl methyl sites for hydroxylation is 2. The molecule has 0 aromatic heterocycles. The number of phenolic OH excluding ortho intramolecular Hbond substituents is 1. The number of hydrogen-bond donors (Lipinski definition) is 3. The molecule has 2 amide bonds. The molecule has 3 aromatic carbocycles. The number of non-ortho nitro benzene ring substituents is 1. The van der Waals surface area contributed by atoms with Crippen molar-refractivity contribution in [2.45, 2.75) is 52.6 Å². The number of carbonyl (C=O) groups excluding carboxylic acids is 2. The van der Waals surface area contributed by atoms with Crippen molar-refractivity contribution < 1.29 is 34.6 Å². The molecule has 10 heteroatoms. The number of ether oxygens (including phenoxy) is 1. The summed E-state index contributed by atoms with van der Waals surface area (Å²) in [6.45, 7) is 5.30. The van der Waals surface area contributed by atoms with E-state index in [1.165, 1.54) is 24.3 Å². The molecule has 0 bridgehead atoms. The fourth-order valence-electron chi connectivity index (χ4n) is 6.92. The van der Waals surface area contributed by atoms with Crippen LogP contribution in [0.4, 0.5) is 11.4 Å². The maximum absolute atomic E-state index is 13.9. The zero-order valence-corrected chi connectivity index (χ0v) is 26.8. The van der Waals surface area contributed by atoms with Crippen LogP contribution in [0.5, 0.6) is 11.5 Å². The monoisotopic (exact) mass is 640 g/mol.